The molecule has 1 saturated heterocycles. The van der Waals surface area contributed by atoms with Crippen molar-refractivity contribution in [2.24, 2.45) is 5.92 Å². The molecule has 0 bridgehead atoms. The Kier molecular flexibility index (Phi) is 5.70. The monoisotopic (exact) mass is 295 g/mol. The number of benzene rings is 1. The number of rotatable bonds is 7. The lowest BCUT2D eigenvalue weighted by atomic mass is 9.99. The minimum Gasteiger partial charge on any atom is -0.502 e. The van der Waals surface area contributed by atoms with Crippen molar-refractivity contribution in [3.05, 3.63) is 17.7 Å². The quantitative estimate of drug-likeness (QED) is 0.808. The molecule has 5 nitrogen and oxygen atoms in total. The van der Waals surface area contributed by atoms with Crippen molar-refractivity contribution in [2.45, 2.75) is 32.4 Å². The van der Waals surface area contributed by atoms with Gasteiger partial charge >= 0.3 is 0 Å². The molecule has 1 aliphatic heterocycles. The third-order valence-corrected chi connectivity index (χ3v) is 4.02. The molecular formula is C16H25NO4. The summed E-state index contributed by atoms with van der Waals surface area (Å²) < 4.78 is 16.0. The summed E-state index contributed by atoms with van der Waals surface area (Å²) in [5.74, 6) is 1.48. The number of methoxy groups -OCH3 is 2. The van der Waals surface area contributed by atoms with Crippen LogP contribution in [0.5, 0.6) is 17.2 Å². The maximum Gasteiger partial charge on any atom is 0.200 e. The minimum absolute atomic E-state index is 0.0407. The molecule has 2 unspecified atom stereocenters. The van der Waals surface area contributed by atoms with Crippen LogP contribution in [0.25, 0.3) is 0 Å². The van der Waals surface area contributed by atoms with Crippen LogP contribution < -0.4 is 14.8 Å². The average molecular weight is 295 g/mol. The molecule has 0 spiro atoms. The molecule has 5 heteroatoms. The van der Waals surface area contributed by atoms with Crippen LogP contribution in [-0.2, 0) is 11.3 Å². The van der Waals surface area contributed by atoms with Crippen molar-refractivity contribution in [3.63, 3.8) is 0 Å². The van der Waals surface area contributed by atoms with Crippen LogP contribution in [0.4, 0.5) is 0 Å². The number of ether oxygens (including phenoxy) is 3. The Morgan fingerprint density at radius 1 is 1.29 bits per heavy atom. The highest BCUT2D eigenvalue weighted by atomic mass is 16.5. The maximum absolute atomic E-state index is 9.89. The predicted molar refractivity (Wildman–Crippen MR) is 81.1 cm³/mol. The van der Waals surface area contributed by atoms with Crippen molar-refractivity contribution in [3.8, 4) is 17.2 Å². The van der Waals surface area contributed by atoms with Gasteiger partial charge in [-0.3, -0.25) is 0 Å². The third-order valence-electron chi connectivity index (χ3n) is 4.02. The second-order valence-corrected chi connectivity index (χ2v) is 5.35. The van der Waals surface area contributed by atoms with Crippen molar-refractivity contribution in [1.82, 2.24) is 5.32 Å². The van der Waals surface area contributed by atoms with Crippen molar-refractivity contribution < 1.29 is 19.3 Å². The molecule has 1 heterocycles. The van der Waals surface area contributed by atoms with Crippen LogP contribution in [0.2, 0.25) is 0 Å². The van der Waals surface area contributed by atoms with E-state index in [1.165, 1.54) is 14.2 Å². The Hall–Kier alpha value is -1.46. The number of hydrogen-bond donors (Lipinski definition) is 2. The molecule has 21 heavy (non-hydrogen) atoms. The third kappa shape index (κ3) is 3.80. The van der Waals surface area contributed by atoms with Gasteiger partial charge in [0.2, 0.25) is 5.75 Å². The topological polar surface area (TPSA) is 60.0 Å². The lowest BCUT2D eigenvalue weighted by molar-refractivity contribution is 0.0872. The normalized spacial score (nSPS) is 21.5. The smallest absolute Gasteiger partial charge is 0.200 e. The lowest BCUT2D eigenvalue weighted by Gasteiger charge is -2.18. The highest BCUT2D eigenvalue weighted by molar-refractivity contribution is 5.52. The molecule has 0 aliphatic carbocycles. The number of aromatic hydroxyl groups is 1. The van der Waals surface area contributed by atoms with Gasteiger partial charge in [0.15, 0.2) is 11.5 Å². The van der Waals surface area contributed by atoms with Crippen LogP contribution in [0.15, 0.2) is 12.1 Å². The van der Waals surface area contributed by atoms with E-state index in [0.717, 1.165) is 31.6 Å². The number of hydrogen-bond acceptors (Lipinski definition) is 5. The molecule has 0 amide bonds. The van der Waals surface area contributed by atoms with E-state index in [0.29, 0.717) is 30.1 Å². The van der Waals surface area contributed by atoms with E-state index >= 15 is 0 Å². The van der Waals surface area contributed by atoms with Gasteiger partial charge in [0.05, 0.1) is 20.3 Å². The van der Waals surface area contributed by atoms with Gasteiger partial charge in [0.1, 0.15) is 0 Å². The molecule has 1 aliphatic rings. The summed E-state index contributed by atoms with van der Waals surface area (Å²) in [6, 6.07) is 3.65. The Bertz CT molecular complexity index is 439. The second kappa shape index (κ2) is 7.52. The van der Waals surface area contributed by atoms with Crippen molar-refractivity contribution in [2.75, 3.05) is 27.4 Å². The maximum atomic E-state index is 9.89. The summed E-state index contributed by atoms with van der Waals surface area (Å²) in [7, 11) is 3.07. The lowest BCUT2D eigenvalue weighted by Crippen LogP contribution is -2.27. The average Bonchev–Trinajstić information content (AvgIpc) is 2.96. The predicted octanol–water partition coefficient (Wildman–Crippen LogP) is 2.31. The van der Waals surface area contributed by atoms with Gasteiger partial charge in [0, 0.05) is 19.7 Å². The fraction of sp³-hybridized carbons (Fsp3) is 0.625. The Morgan fingerprint density at radius 3 is 2.52 bits per heavy atom. The molecule has 0 radical (unpaired) electrons. The molecule has 1 fully saturated rings. The molecule has 1 aromatic carbocycles. The molecule has 118 valence electrons. The first-order chi connectivity index (χ1) is 10.2. The van der Waals surface area contributed by atoms with E-state index in [1.54, 1.807) is 0 Å². The molecule has 0 saturated carbocycles. The van der Waals surface area contributed by atoms with Gasteiger partial charge in [0.25, 0.3) is 0 Å². The minimum atomic E-state index is 0.0407. The highest BCUT2D eigenvalue weighted by Gasteiger charge is 2.26. The van der Waals surface area contributed by atoms with E-state index < -0.39 is 0 Å². The summed E-state index contributed by atoms with van der Waals surface area (Å²) >= 11 is 0. The molecule has 2 N–H and O–H groups in total. The SMILES string of the molecule is CCC1OCCC1CNCc1cc(OC)c(O)c(OC)c1. The zero-order valence-electron chi connectivity index (χ0n) is 13.0. The summed E-state index contributed by atoms with van der Waals surface area (Å²) in [6.07, 6.45) is 2.56. The molecule has 2 atom stereocenters. The summed E-state index contributed by atoms with van der Waals surface area (Å²) in [4.78, 5) is 0. The van der Waals surface area contributed by atoms with E-state index in [1.807, 2.05) is 12.1 Å². The van der Waals surface area contributed by atoms with Gasteiger partial charge < -0.3 is 24.6 Å². The van der Waals surface area contributed by atoms with Crippen molar-refractivity contribution >= 4 is 0 Å². The van der Waals surface area contributed by atoms with Gasteiger partial charge in [-0.25, -0.2) is 0 Å². The Balaban J connectivity index is 1.94. The zero-order valence-corrected chi connectivity index (χ0v) is 13.0. The van der Waals surface area contributed by atoms with Crippen LogP contribution in [0, 0.1) is 5.92 Å². The summed E-state index contributed by atoms with van der Waals surface area (Å²) in [5, 5.41) is 13.3. The van der Waals surface area contributed by atoms with Gasteiger partial charge in [-0.15, -0.1) is 0 Å². The second-order valence-electron chi connectivity index (χ2n) is 5.35. The van der Waals surface area contributed by atoms with Crippen molar-refractivity contribution in [1.29, 1.82) is 0 Å². The molecule has 1 aromatic rings. The number of phenols is 1. The first-order valence-corrected chi connectivity index (χ1v) is 7.45. The first-order valence-electron chi connectivity index (χ1n) is 7.45. The van der Waals surface area contributed by atoms with E-state index in [4.69, 9.17) is 14.2 Å². The molecule has 0 aromatic heterocycles. The van der Waals surface area contributed by atoms with E-state index in [2.05, 4.69) is 12.2 Å². The number of nitrogens with one attached hydrogen (secondary N) is 1. The summed E-state index contributed by atoms with van der Waals surface area (Å²) in [5.41, 5.74) is 1.02. The van der Waals surface area contributed by atoms with Gasteiger partial charge in [-0.2, -0.15) is 0 Å². The fourth-order valence-corrected chi connectivity index (χ4v) is 2.83. The van der Waals surface area contributed by atoms with Crippen LogP contribution >= 0.6 is 0 Å². The standard InChI is InChI=1S/C16H25NO4/c1-4-13-12(5-6-21-13)10-17-9-11-7-14(19-2)16(18)15(8-11)20-3/h7-8,12-13,17-18H,4-6,9-10H2,1-3H3. The Labute approximate surface area is 126 Å². The molecular weight excluding hydrogens is 270 g/mol. The highest BCUT2D eigenvalue weighted by Crippen LogP contribution is 2.37. The van der Waals surface area contributed by atoms with Crippen LogP contribution in [-0.4, -0.2) is 38.6 Å². The zero-order chi connectivity index (χ0) is 15.2. The number of phenolic OH excluding ortho intramolecular Hbond substituents is 1. The van der Waals surface area contributed by atoms with E-state index in [-0.39, 0.29) is 5.75 Å². The fourth-order valence-electron chi connectivity index (χ4n) is 2.83. The first kappa shape index (κ1) is 15.9. The van der Waals surface area contributed by atoms with Gasteiger partial charge in [-0.05, 0) is 36.5 Å². The van der Waals surface area contributed by atoms with Crippen LogP contribution in [0.3, 0.4) is 0 Å². The van der Waals surface area contributed by atoms with E-state index in [9.17, 15) is 5.11 Å². The summed E-state index contributed by atoms with van der Waals surface area (Å²) in [6.45, 7) is 4.67. The largest absolute Gasteiger partial charge is 0.502 e. The Morgan fingerprint density at radius 2 is 1.95 bits per heavy atom. The van der Waals surface area contributed by atoms with Crippen LogP contribution in [0.1, 0.15) is 25.3 Å². The molecule has 2 rings (SSSR count). The van der Waals surface area contributed by atoms with Gasteiger partial charge in [-0.1, -0.05) is 6.92 Å².